The molecule has 1 atom stereocenters. The molecular formula is C12H15F3N2O. The summed E-state index contributed by atoms with van der Waals surface area (Å²) in [5.41, 5.74) is 0. The van der Waals surface area contributed by atoms with E-state index in [1.807, 2.05) is 0 Å². The van der Waals surface area contributed by atoms with Crippen LogP contribution in [0.3, 0.4) is 0 Å². The summed E-state index contributed by atoms with van der Waals surface area (Å²) in [5, 5.41) is 0. The van der Waals surface area contributed by atoms with E-state index in [9.17, 15) is 18.0 Å². The molecule has 0 amide bonds. The van der Waals surface area contributed by atoms with Crippen LogP contribution in [0.1, 0.15) is 26.1 Å². The Kier molecular flexibility index (Phi) is 4.81. The first-order valence-corrected chi connectivity index (χ1v) is 5.66. The summed E-state index contributed by atoms with van der Waals surface area (Å²) in [5.74, 6) is -1.67. The molecule has 0 fully saturated rings. The van der Waals surface area contributed by atoms with Crippen molar-refractivity contribution >= 4 is 5.78 Å². The van der Waals surface area contributed by atoms with Gasteiger partial charge in [0.25, 0.3) is 0 Å². The van der Waals surface area contributed by atoms with Crippen LogP contribution >= 0.6 is 0 Å². The Morgan fingerprint density at radius 2 is 1.83 bits per heavy atom. The summed E-state index contributed by atoms with van der Waals surface area (Å²) in [6.45, 7) is 3.19. The van der Waals surface area contributed by atoms with Gasteiger partial charge in [0, 0.05) is 30.7 Å². The molecule has 18 heavy (non-hydrogen) atoms. The van der Waals surface area contributed by atoms with Gasteiger partial charge in [0.2, 0.25) is 0 Å². The van der Waals surface area contributed by atoms with Gasteiger partial charge in [0.1, 0.15) is 11.6 Å². The van der Waals surface area contributed by atoms with Crippen molar-refractivity contribution in [3.63, 3.8) is 0 Å². The first kappa shape index (κ1) is 14.6. The average Bonchev–Trinajstić information content (AvgIpc) is 2.26. The van der Waals surface area contributed by atoms with Crippen molar-refractivity contribution < 1.29 is 18.0 Å². The molecule has 3 nitrogen and oxygen atoms in total. The molecule has 0 spiro atoms. The van der Waals surface area contributed by atoms with Crippen LogP contribution in [0.25, 0.3) is 0 Å². The first-order chi connectivity index (χ1) is 8.29. The van der Waals surface area contributed by atoms with Crippen LogP contribution in [0, 0.1) is 11.8 Å². The van der Waals surface area contributed by atoms with Crippen LogP contribution in [-0.4, -0.2) is 21.9 Å². The summed E-state index contributed by atoms with van der Waals surface area (Å²) >= 11 is 0. The van der Waals surface area contributed by atoms with Crippen molar-refractivity contribution in [3.05, 3.63) is 24.3 Å². The molecule has 0 aromatic carbocycles. The largest absolute Gasteiger partial charge is 0.389 e. The smallest absolute Gasteiger partial charge is 0.299 e. The minimum atomic E-state index is -4.36. The summed E-state index contributed by atoms with van der Waals surface area (Å²) < 4.78 is 37.3. The van der Waals surface area contributed by atoms with Crippen molar-refractivity contribution in [2.45, 2.75) is 32.9 Å². The predicted octanol–water partition coefficient (Wildman–Crippen LogP) is 2.81. The van der Waals surface area contributed by atoms with E-state index in [0.29, 0.717) is 0 Å². The third-order valence-corrected chi connectivity index (χ3v) is 2.50. The second kappa shape index (κ2) is 5.93. The lowest BCUT2D eigenvalue weighted by Gasteiger charge is -2.18. The first-order valence-electron chi connectivity index (χ1n) is 5.66. The number of rotatable bonds is 5. The van der Waals surface area contributed by atoms with E-state index >= 15 is 0 Å². The Bertz CT molecular complexity index is 390. The quantitative estimate of drug-likeness (QED) is 0.817. The molecule has 0 radical (unpaired) electrons. The number of carbonyl (C=O) groups excluding carboxylic acids is 1. The third kappa shape index (κ3) is 4.81. The van der Waals surface area contributed by atoms with Crippen LogP contribution in [0.4, 0.5) is 13.2 Å². The summed E-state index contributed by atoms with van der Waals surface area (Å²) in [7, 11) is 0. The Hall–Kier alpha value is -1.46. The average molecular weight is 260 g/mol. The van der Waals surface area contributed by atoms with Crippen molar-refractivity contribution in [1.82, 2.24) is 9.97 Å². The minimum absolute atomic E-state index is 0.0721. The van der Waals surface area contributed by atoms with Gasteiger partial charge in [0.15, 0.2) is 0 Å². The molecule has 0 bridgehead atoms. The van der Waals surface area contributed by atoms with Crippen molar-refractivity contribution in [1.29, 1.82) is 0 Å². The number of Topliss-reactive ketones (excluding diaryl/α,β-unsaturated/α-hetero) is 1. The van der Waals surface area contributed by atoms with E-state index in [1.54, 1.807) is 19.9 Å². The van der Waals surface area contributed by atoms with Gasteiger partial charge in [-0.15, -0.1) is 0 Å². The number of alkyl halides is 3. The summed E-state index contributed by atoms with van der Waals surface area (Å²) in [6.07, 6.45) is -2.65. The van der Waals surface area contributed by atoms with Gasteiger partial charge in [-0.3, -0.25) is 4.79 Å². The number of halogens is 3. The highest BCUT2D eigenvalue weighted by molar-refractivity contribution is 5.83. The zero-order valence-electron chi connectivity index (χ0n) is 10.2. The maximum Gasteiger partial charge on any atom is 0.389 e. The van der Waals surface area contributed by atoms with Crippen LogP contribution in [0.2, 0.25) is 0 Å². The monoisotopic (exact) mass is 260 g/mol. The lowest BCUT2D eigenvalue weighted by Crippen LogP contribution is -2.28. The van der Waals surface area contributed by atoms with Gasteiger partial charge < -0.3 is 0 Å². The molecule has 1 heterocycles. The Balaban J connectivity index is 2.81. The predicted molar refractivity (Wildman–Crippen MR) is 59.7 cm³/mol. The second-order valence-electron chi connectivity index (χ2n) is 4.44. The van der Waals surface area contributed by atoms with Gasteiger partial charge >= 0.3 is 6.18 Å². The molecule has 0 saturated heterocycles. The molecule has 1 rings (SSSR count). The molecular weight excluding hydrogens is 245 g/mol. The van der Waals surface area contributed by atoms with Crippen LogP contribution in [0.15, 0.2) is 18.5 Å². The Morgan fingerprint density at radius 3 is 2.28 bits per heavy atom. The molecule has 1 aromatic rings. The maximum atomic E-state index is 12.4. The normalized spacial score (nSPS) is 13.7. The number of aromatic nitrogens is 2. The molecule has 0 N–H and O–H groups in total. The summed E-state index contributed by atoms with van der Waals surface area (Å²) in [6, 6.07) is 1.58. The Morgan fingerprint density at radius 1 is 1.28 bits per heavy atom. The molecule has 1 unspecified atom stereocenters. The lowest BCUT2D eigenvalue weighted by atomic mass is 9.89. The highest BCUT2D eigenvalue weighted by Crippen LogP contribution is 2.28. The van der Waals surface area contributed by atoms with Crippen molar-refractivity contribution in [3.8, 4) is 0 Å². The molecule has 6 heteroatoms. The van der Waals surface area contributed by atoms with E-state index in [4.69, 9.17) is 0 Å². The molecule has 1 aromatic heterocycles. The number of hydrogen-bond acceptors (Lipinski definition) is 3. The van der Waals surface area contributed by atoms with E-state index < -0.39 is 30.2 Å². The van der Waals surface area contributed by atoms with Gasteiger partial charge in [-0.25, -0.2) is 9.97 Å². The zero-order chi connectivity index (χ0) is 13.8. The van der Waals surface area contributed by atoms with E-state index in [1.165, 1.54) is 12.4 Å². The van der Waals surface area contributed by atoms with Gasteiger partial charge in [-0.1, -0.05) is 13.8 Å². The van der Waals surface area contributed by atoms with Crippen LogP contribution in [-0.2, 0) is 11.2 Å². The fourth-order valence-corrected chi connectivity index (χ4v) is 1.68. The fraction of sp³-hybridized carbons (Fsp3) is 0.583. The fourth-order valence-electron chi connectivity index (χ4n) is 1.68. The molecule has 0 aliphatic rings. The van der Waals surface area contributed by atoms with Gasteiger partial charge in [0.05, 0.1) is 6.42 Å². The molecule has 0 aliphatic heterocycles. The molecule has 100 valence electrons. The van der Waals surface area contributed by atoms with Crippen molar-refractivity contribution in [2.75, 3.05) is 0 Å². The van der Waals surface area contributed by atoms with Crippen LogP contribution in [0.5, 0.6) is 0 Å². The van der Waals surface area contributed by atoms with Crippen LogP contribution < -0.4 is 0 Å². The number of nitrogens with zero attached hydrogens (tertiary/aromatic N) is 2. The van der Waals surface area contributed by atoms with Crippen molar-refractivity contribution in [2.24, 2.45) is 11.8 Å². The highest BCUT2D eigenvalue weighted by atomic mass is 19.4. The maximum absolute atomic E-state index is 12.4. The number of carbonyl (C=O) groups is 1. The molecule has 0 saturated carbocycles. The third-order valence-electron chi connectivity index (χ3n) is 2.50. The minimum Gasteiger partial charge on any atom is -0.299 e. The van der Waals surface area contributed by atoms with E-state index in [0.717, 1.165) is 0 Å². The topological polar surface area (TPSA) is 42.9 Å². The Labute approximate surface area is 103 Å². The number of hydrogen-bond donors (Lipinski definition) is 0. The molecule has 0 aliphatic carbocycles. The second-order valence-corrected chi connectivity index (χ2v) is 4.44. The standard InChI is InChI=1S/C12H15F3N2O/c1-8(2)11(18)9(7-12(13,14)15)6-10-16-4-3-5-17-10/h3-5,8-9H,6-7H2,1-2H3. The van der Waals surface area contributed by atoms with E-state index in [2.05, 4.69) is 9.97 Å². The van der Waals surface area contributed by atoms with E-state index in [-0.39, 0.29) is 12.2 Å². The zero-order valence-corrected chi connectivity index (χ0v) is 10.2. The lowest BCUT2D eigenvalue weighted by molar-refractivity contribution is -0.154. The van der Waals surface area contributed by atoms with Gasteiger partial charge in [-0.05, 0) is 6.07 Å². The van der Waals surface area contributed by atoms with Gasteiger partial charge in [-0.2, -0.15) is 13.2 Å². The highest BCUT2D eigenvalue weighted by Gasteiger charge is 2.36. The SMILES string of the molecule is CC(C)C(=O)C(Cc1ncccn1)CC(F)(F)F. The summed E-state index contributed by atoms with van der Waals surface area (Å²) in [4.78, 5) is 19.5. The number of ketones is 1.